The van der Waals surface area contributed by atoms with Crippen LogP contribution in [0.2, 0.25) is 0 Å². The van der Waals surface area contributed by atoms with E-state index in [1.807, 2.05) is 0 Å². The molecular weight excluding hydrogens is 368 g/mol. The van der Waals surface area contributed by atoms with Gasteiger partial charge in [-0.2, -0.15) is 4.31 Å². The molecule has 1 saturated carbocycles. The summed E-state index contributed by atoms with van der Waals surface area (Å²) in [5.74, 6) is -1.59. The first-order chi connectivity index (χ1) is 12.8. The molecule has 0 radical (unpaired) electrons. The quantitative estimate of drug-likeness (QED) is 0.798. The van der Waals surface area contributed by atoms with Gasteiger partial charge in [0.2, 0.25) is 10.0 Å². The number of hydrogen-bond donors (Lipinski definition) is 2. The highest BCUT2D eigenvalue weighted by Crippen LogP contribution is 2.30. The minimum absolute atomic E-state index is 0.0767. The Labute approximate surface area is 159 Å². The van der Waals surface area contributed by atoms with E-state index in [0.717, 1.165) is 38.5 Å². The minimum Gasteiger partial charge on any atom is -0.480 e. The van der Waals surface area contributed by atoms with Crippen molar-refractivity contribution in [1.82, 2.24) is 9.62 Å². The fraction of sp³-hybridized carbons (Fsp3) is 0.579. The molecule has 2 fully saturated rings. The summed E-state index contributed by atoms with van der Waals surface area (Å²) in [7, 11) is -3.66. The van der Waals surface area contributed by atoms with Crippen molar-refractivity contribution in [3.63, 3.8) is 0 Å². The van der Waals surface area contributed by atoms with Crippen molar-refractivity contribution >= 4 is 21.9 Å². The Bertz CT molecular complexity index is 807. The summed E-state index contributed by atoms with van der Waals surface area (Å²) in [5, 5.41) is 12.2. The molecule has 7 nitrogen and oxygen atoms in total. The van der Waals surface area contributed by atoms with Gasteiger partial charge in [0, 0.05) is 18.7 Å². The number of aliphatic carboxylic acids is 1. The number of rotatable bonds is 5. The van der Waals surface area contributed by atoms with Gasteiger partial charge < -0.3 is 10.4 Å². The first-order valence-corrected chi connectivity index (χ1v) is 11.0. The van der Waals surface area contributed by atoms with Crippen molar-refractivity contribution in [2.75, 3.05) is 13.1 Å². The van der Waals surface area contributed by atoms with Crippen LogP contribution in [0.15, 0.2) is 29.2 Å². The number of sulfonamides is 1. The van der Waals surface area contributed by atoms with Crippen molar-refractivity contribution in [2.24, 2.45) is 0 Å². The zero-order chi connectivity index (χ0) is 19.5. The fourth-order valence-electron chi connectivity index (χ4n) is 3.89. The third kappa shape index (κ3) is 4.16. The van der Waals surface area contributed by atoms with Crippen LogP contribution in [-0.4, -0.2) is 48.3 Å². The fourth-order valence-corrected chi connectivity index (χ4v) is 5.45. The molecule has 2 aliphatic rings. The number of hydrogen-bond acceptors (Lipinski definition) is 4. The lowest BCUT2D eigenvalue weighted by Crippen LogP contribution is -2.52. The van der Waals surface area contributed by atoms with Gasteiger partial charge in [0.25, 0.3) is 5.91 Å². The second kappa shape index (κ2) is 7.98. The van der Waals surface area contributed by atoms with E-state index in [0.29, 0.717) is 25.9 Å². The SMILES string of the molecule is O=C(NC1(C(=O)O)CCCC1)c1cccc(S(=O)(=O)N2CCCCCC2)c1. The number of nitrogens with zero attached hydrogens (tertiary/aromatic N) is 1. The molecular formula is C19H26N2O5S. The third-order valence-corrected chi connectivity index (χ3v) is 7.41. The Morgan fingerprint density at radius 1 is 1.00 bits per heavy atom. The van der Waals surface area contributed by atoms with Crippen molar-refractivity contribution in [3.05, 3.63) is 29.8 Å². The second-order valence-corrected chi connectivity index (χ2v) is 9.33. The molecule has 3 rings (SSSR count). The maximum Gasteiger partial charge on any atom is 0.329 e. The number of carboxylic acids is 1. The summed E-state index contributed by atoms with van der Waals surface area (Å²) in [4.78, 5) is 24.4. The molecule has 2 N–H and O–H groups in total. The second-order valence-electron chi connectivity index (χ2n) is 7.39. The third-order valence-electron chi connectivity index (χ3n) is 5.52. The molecule has 1 amide bonds. The summed E-state index contributed by atoms with van der Waals surface area (Å²) < 4.78 is 27.3. The lowest BCUT2D eigenvalue weighted by Gasteiger charge is -2.25. The van der Waals surface area contributed by atoms with E-state index in [9.17, 15) is 23.1 Å². The zero-order valence-electron chi connectivity index (χ0n) is 15.3. The van der Waals surface area contributed by atoms with Crippen LogP contribution < -0.4 is 5.32 Å². The highest BCUT2D eigenvalue weighted by Gasteiger charge is 2.42. The topological polar surface area (TPSA) is 104 Å². The molecule has 1 saturated heterocycles. The smallest absolute Gasteiger partial charge is 0.329 e. The van der Waals surface area contributed by atoms with Gasteiger partial charge in [-0.25, -0.2) is 13.2 Å². The van der Waals surface area contributed by atoms with Crippen LogP contribution in [0.4, 0.5) is 0 Å². The van der Waals surface area contributed by atoms with Gasteiger partial charge >= 0.3 is 5.97 Å². The van der Waals surface area contributed by atoms with Gasteiger partial charge in [-0.05, 0) is 43.9 Å². The molecule has 1 aliphatic heterocycles. The molecule has 0 bridgehead atoms. The Hall–Kier alpha value is -1.93. The number of carbonyl (C=O) groups excluding carboxylic acids is 1. The number of nitrogens with one attached hydrogen (secondary N) is 1. The molecule has 148 valence electrons. The van der Waals surface area contributed by atoms with E-state index in [1.54, 1.807) is 0 Å². The van der Waals surface area contributed by atoms with Gasteiger partial charge in [-0.15, -0.1) is 0 Å². The van der Waals surface area contributed by atoms with Crippen LogP contribution in [-0.2, 0) is 14.8 Å². The van der Waals surface area contributed by atoms with E-state index in [-0.39, 0.29) is 10.5 Å². The standard InChI is InChI=1S/C19H26N2O5S/c22-17(20-19(18(23)24)10-3-4-11-19)15-8-7-9-16(14-15)27(25,26)21-12-5-1-2-6-13-21/h7-9,14H,1-6,10-13H2,(H,20,22)(H,23,24). The van der Waals surface area contributed by atoms with Gasteiger partial charge in [-0.1, -0.05) is 31.7 Å². The van der Waals surface area contributed by atoms with Crippen LogP contribution in [0.3, 0.4) is 0 Å². The van der Waals surface area contributed by atoms with E-state index >= 15 is 0 Å². The molecule has 1 aliphatic carbocycles. The van der Waals surface area contributed by atoms with Crippen molar-refractivity contribution < 1.29 is 23.1 Å². The summed E-state index contributed by atoms with van der Waals surface area (Å²) in [6.45, 7) is 0.974. The summed E-state index contributed by atoms with van der Waals surface area (Å²) >= 11 is 0. The van der Waals surface area contributed by atoms with Crippen molar-refractivity contribution in [3.8, 4) is 0 Å². The Morgan fingerprint density at radius 2 is 1.63 bits per heavy atom. The molecule has 1 heterocycles. The highest BCUT2D eigenvalue weighted by atomic mass is 32.2. The molecule has 0 unspecified atom stereocenters. The maximum atomic E-state index is 12.9. The van der Waals surface area contributed by atoms with E-state index in [1.165, 1.54) is 28.6 Å². The molecule has 0 spiro atoms. The monoisotopic (exact) mass is 394 g/mol. The average molecular weight is 394 g/mol. The van der Waals surface area contributed by atoms with Crippen LogP contribution in [0, 0.1) is 0 Å². The Balaban J connectivity index is 1.82. The number of carbonyl (C=O) groups is 2. The first-order valence-electron chi connectivity index (χ1n) is 9.51. The maximum absolute atomic E-state index is 12.9. The molecule has 1 aromatic carbocycles. The molecule has 1 aromatic rings. The predicted molar refractivity (Wildman–Crippen MR) is 100.0 cm³/mol. The number of carboxylic acid groups (broad SMARTS) is 1. The highest BCUT2D eigenvalue weighted by molar-refractivity contribution is 7.89. The first kappa shape index (κ1) is 19.8. The van der Waals surface area contributed by atoms with Gasteiger partial charge in [0.05, 0.1) is 4.90 Å². The van der Waals surface area contributed by atoms with E-state index in [2.05, 4.69) is 5.32 Å². The summed E-state index contributed by atoms with van der Waals surface area (Å²) in [6.07, 6.45) is 5.98. The lowest BCUT2D eigenvalue weighted by molar-refractivity contribution is -0.144. The molecule has 8 heteroatoms. The molecule has 0 atom stereocenters. The van der Waals surface area contributed by atoms with Gasteiger partial charge in [0.15, 0.2) is 0 Å². The normalized spacial score (nSPS) is 20.7. The lowest BCUT2D eigenvalue weighted by atomic mass is 9.97. The van der Waals surface area contributed by atoms with Crippen LogP contribution in [0.5, 0.6) is 0 Å². The molecule has 0 aromatic heterocycles. The average Bonchev–Trinajstić information content (AvgIpc) is 2.95. The van der Waals surface area contributed by atoms with Crippen molar-refractivity contribution in [2.45, 2.75) is 61.8 Å². The summed E-state index contributed by atoms with van der Waals surface area (Å²) in [5.41, 5.74) is -1.09. The summed E-state index contributed by atoms with van der Waals surface area (Å²) in [6, 6.07) is 5.88. The zero-order valence-corrected chi connectivity index (χ0v) is 16.1. The van der Waals surface area contributed by atoms with E-state index < -0.39 is 27.4 Å². The van der Waals surface area contributed by atoms with E-state index in [4.69, 9.17) is 0 Å². The Morgan fingerprint density at radius 3 is 2.22 bits per heavy atom. The van der Waals surface area contributed by atoms with Crippen LogP contribution in [0.25, 0.3) is 0 Å². The predicted octanol–water partition coefficient (Wildman–Crippen LogP) is 2.38. The minimum atomic E-state index is -3.66. The largest absolute Gasteiger partial charge is 0.480 e. The van der Waals surface area contributed by atoms with Gasteiger partial charge in [0.1, 0.15) is 5.54 Å². The van der Waals surface area contributed by atoms with Crippen molar-refractivity contribution in [1.29, 1.82) is 0 Å². The number of benzene rings is 1. The van der Waals surface area contributed by atoms with Crippen LogP contribution in [0.1, 0.15) is 61.7 Å². The van der Waals surface area contributed by atoms with Gasteiger partial charge in [-0.3, -0.25) is 4.79 Å². The Kier molecular flexibility index (Phi) is 5.86. The molecule has 27 heavy (non-hydrogen) atoms. The van der Waals surface area contributed by atoms with Crippen LogP contribution >= 0.6 is 0 Å². The number of amides is 1.